The third kappa shape index (κ3) is 2.58. The molecule has 1 amide bonds. The zero-order valence-corrected chi connectivity index (χ0v) is 12.4. The second-order valence-electron chi connectivity index (χ2n) is 4.83. The van der Waals surface area contributed by atoms with Crippen LogP contribution in [0.3, 0.4) is 0 Å². The van der Waals surface area contributed by atoms with E-state index in [9.17, 15) is 18.4 Å². The van der Waals surface area contributed by atoms with Crippen LogP contribution in [0.25, 0.3) is 11.0 Å². The molecular weight excluding hydrogens is 320 g/mol. The van der Waals surface area contributed by atoms with Gasteiger partial charge in [0.25, 0.3) is 0 Å². The minimum atomic E-state index is -1.18. The second-order valence-corrected chi connectivity index (χ2v) is 4.83. The Bertz CT molecular complexity index is 953. The van der Waals surface area contributed by atoms with Crippen molar-refractivity contribution < 1.29 is 23.1 Å². The molecule has 8 heteroatoms. The summed E-state index contributed by atoms with van der Waals surface area (Å²) in [4.78, 5) is 30.6. The Morgan fingerprint density at radius 2 is 2.04 bits per heavy atom. The largest absolute Gasteiger partial charge is 0.453 e. The quantitative estimate of drug-likeness (QED) is 0.722. The minimum absolute atomic E-state index is 0.0751. The first-order valence-corrected chi connectivity index (χ1v) is 6.82. The lowest BCUT2D eigenvalue weighted by molar-refractivity contribution is 0.103. The van der Waals surface area contributed by atoms with Gasteiger partial charge in [-0.05, 0) is 24.3 Å². The molecule has 0 aliphatic rings. The maximum atomic E-state index is 14.5. The van der Waals surface area contributed by atoms with E-state index in [0.29, 0.717) is 11.0 Å². The van der Waals surface area contributed by atoms with E-state index in [-0.39, 0.29) is 11.3 Å². The lowest BCUT2D eigenvalue weighted by Crippen LogP contribution is -2.15. The fourth-order valence-electron chi connectivity index (χ4n) is 2.30. The third-order valence-corrected chi connectivity index (χ3v) is 3.44. The number of ketones is 1. The Labute approximate surface area is 134 Å². The van der Waals surface area contributed by atoms with Gasteiger partial charge in [-0.1, -0.05) is 0 Å². The molecule has 122 valence electrons. The first kappa shape index (κ1) is 15.6. The minimum Gasteiger partial charge on any atom is -0.453 e. The molecule has 0 bridgehead atoms. The molecule has 0 spiro atoms. The van der Waals surface area contributed by atoms with Gasteiger partial charge in [-0.25, -0.2) is 18.6 Å². The summed E-state index contributed by atoms with van der Waals surface area (Å²) in [6.45, 7) is 0. The highest BCUT2D eigenvalue weighted by Crippen LogP contribution is 2.26. The molecule has 3 aromatic rings. The van der Waals surface area contributed by atoms with Crippen molar-refractivity contribution in [2.75, 3.05) is 12.4 Å². The average molecular weight is 331 g/mol. The standard InChI is InChI=1S/C16H11F2N3O3/c1-24-16(23)21-11-5-4-10(17)12(13(11)18)14(22)9-7-20-15-8(9)3-2-6-19-15/h2-7H,1H3,(H,19,20)(H,21,23). The van der Waals surface area contributed by atoms with Crippen molar-refractivity contribution in [1.82, 2.24) is 9.97 Å². The number of carbonyl (C=O) groups excluding carboxylic acids is 2. The number of carbonyl (C=O) groups is 2. The summed E-state index contributed by atoms with van der Waals surface area (Å²) < 4.78 is 32.9. The lowest BCUT2D eigenvalue weighted by atomic mass is 10.0. The van der Waals surface area contributed by atoms with Crippen molar-refractivity contribution in [1.29, 1.82) is 0 Å². The molecule has 2 heterocycles. The molecule has 0 saturated carbocycles. The summed E-state index contributed by atoms with van der Waals surface area (Å²) in [6.07, 6.45) is 1.92. The van der Waals surface area contributed by atoms with E-state index < -0.39 is 29.1 Å². The Morgan fingerprint density at radius 1 is 1.25 bits per heavy atom. The summed E-state index contributed by atoms with van der Waals surface area (Å²) in [7, 11) is 1.10. The van der Waals surface area contributed by atoms with E-state index in [1.165, 1.54) is 12.4 Å². The molecule has 1 aromatic carbocycles. The van der Waals surface area contributed by atoms with Crippen LogP contribution in [0.2, 0.25) is 0 Å². The Balaban J connectivity index is 2.09. The fraction of sp³-hybridized carbons (Fsp3) is 0.0625. The van der Waals surface area contributed by atoms with Crippen molar-refractivity contribution in [3.63, 3.8) is 0 Å². The molecule has 6 nitrogen and oxygen atoms in total. The smallest absolute Gasteiger partial charge is 0.411 e. The number of amides is 1. The predicted octanol–water partition coefficient (Wildman–Crippen LogP) is 3.25. The van der Waals surface area contributed by atoms with Gasteiger partial charge in [-0.2, -0.15) is 0 Å². The van der Waals surface area contributed by atoms with Gasteiger partial charge in [0.2, 0.25) is 5.78 Å². The van der Waals surface area contributed by atoms with Crippen LogP contribution in [0.4, 0.5) is 19.3 Å². The molecule has 0 unspecified atom stereocenters. The van der Waals surface area contributed by atoms with Gasteiger partial charge in [0.15, 0.2) is 5.82 Å². The second kappa shape index (κ2) is 6.07. The number of anilines is 1. The number of ether oxygens (including phenoxy) is 1. The van der Waals surface area contributed by atoms with Gasteiger partial charge >= 0.3 is 6.09 Å². The van der Waals surface area contributed by atoms with Crippen LogP contribution in [0.1, 0.15) is 15.9 Å². The summed E-state index contributed by atoms with van der Waals surface area (Å²) >= 11 is 0. The highest BCUT2D eigenvalue weighted by Gasteiger charge is 2.24. The van der Waals surface area contributed by atoms with Gasteiger partial charge in [-0.3, -0.25) is 10.1 Å². The number of nitrogens with zero attached hydrogens (tertiary/aromatic N) is 1. The highest BCUT2D eigenvalue weighted by molar-refractivity contribution is 6.16. The van der Waals surface area contributed by atoms with Crippen molar-refractivity contribution in [2.45, 2.75) is 0 Å². The highest BCUT2D eigenvalue weighted by atomic mass is 19.1. The molecule has 2 N–H and O–H groups in total. The van der Waals surface area contributed by atoms with E-state index >= 15 is 0 Å². The lowest BCUT2D eigenvalue weighted by Gasteiger charge is -2.09. The number of benzene rings is 1. The van der Waals surface area contributed by atoms with Crippen LogP contribution in [-0.4, -0.2) is 29.0 Å². The number of rotatable bonds is 3. The number of hydrogen-bond donors (Lipinski definition) is 2. The summed E-state index contributed by atoms with van der Waals surface area (Å²) in [5.41, 5.74) is -0.630. The Hall–Kier alpha value is -3.29. The zero-order chi connectivity index (χ0) is 17.3. The van der Waals surface area contributed by atoms with E-state index in [1.54, 1.807) is 12.1 Å². The topological polar surface area (TPSA) is 84.1 Å². The zero-order valence-electron chi connectivity index (χ0n) is 12.4. The summed E-state index contributed by atoms with van der Waals surface area (Å²) in [5.74, 6) is -3.08. The number of nitrogens with one attached hydrogen (secondary N) is 2. The average Bonchev–Trinajstić information content (AvgIpc) is 3.01. The van der Waals surface area contributed by atoms with Crippen molar-refractivity contribution in [3.05, 3.63) is 59.4 Å². The van der Waals surface area contributed by atoms with E-state index in [1.807, 2.05) is 0 Å². The van der Waals surface area contributed by atoms with Gasteiger partial charge in [0, 0.05) is 23.3 Å². The number of fused-ring (bicyclic) bond motifs is 1. The van der Waals surface area contributed by atoms with Gasteiger partial charge in [0.05, 0.1) is 18.4 Å². The predicted molar refractivity (Wildman–Crippen MR) is 81.9 cm³/mol. The number of H-pyrrole nitrogens is 1. The van der Waals surface area contributed by atoms with Crippen LogP contribution in [0.5, 0.6) is 0 Å². The molecule has 24 heavy (non-hydrogen) atoms. The maximum Gasteiger partial charge on any atom is 0.411 e. The molecular formula is C16H11F2N3O3. The monoisotopic (exact) mass is 331 g/mol. The molecule has 0 fully saturated rings. The Morgan fingerprint density at radius 3 is 2.79 bits per heavy atom. The number of pyridine rings is 1. The first-order chi connectivity index (χ1) is 11.5. The normalized spacial score (nSPS) is 10.6. The number of methoxy groups -OCH3 is 1. The van der Waals surface area contributed by atoms with Gasteiger partial charge in [0.1, 0.15) is 11.5 Å². The van der Waals surface area contributed by atoms with Crippen LogP contribution in [-0.2, 0) is 4.74 Å². The number of aromatic nitrogens is 2. The van der Waals surface area contributed by atoms with Gasteiger partial charge < -0.3 is 9.72 Å². The first-order valence-electron chi connectivity index (χ1n) is 6.82. The molecule has 3 rings (SSSR count). The van der Waals surface area contributed by atoms with Crippen LogP contribution < -0.4 is 5.32 Å². The molecule has 0 aliphatic heterocycles. The number of hydrogen-bond acceptors (Lipinski definition) is 4. The van der Waals surface area contributed by atoms with Crippen LogP contribution in [0.15, 0.2) is 36.7 Å². The van der Waals surface area contributed by atoms with Gasteiger partial charge in [-0.15, -0.1) is 0 Å². The third-order valence-electron chi connectivity index (χ3n) is 3.44. The molecule has 0 radical (unpaired) electrons. The fourth-order valence-corrected chi connectivity index (χ4v) is 2.30. The molecule has 0 saturated heterocycles. The van der Waals surface area contributed by atoms with Crippen molar-refractivity contribution in [3.8, 4) is 0 Å². The SMILES string of the molecule is COC(=O)Nc1ccc(F)c(C(=O)c2c[nH]c3ncccc23)c1F. The van der Waals surface area contributed by atoms with Crippen molar-refractivity contribution >= 4 is 28.6 Å². The summed E-state index contributed by atoms with van der Waals surface area (Å²) in [5, 5.41) is 2.53. The molecule has 0 aliphatic carbocycles. The molecule has 2 aromatic heterocycles. The number of aromatic amines is 1. The molecule has 0 atom stereocenters. The van der Waals surface area contributed by atoms with Crippen LogP contribution in [0, 0.1) is 11.6 Å². The van der Waals surface area contributed by atoms with E-state index in [4.69, 9.17) is 0 Å². The maximum absolute atomic E-state index is 14.5. The van der Waals surface area contributed by atoms with Crippen LogP contribution >= 0.6 is 0 Å². The summed E-state index contributed by atoms with van der Waals surface area (Å²) in [6, 6.07) is 5.12. The number of halogens is 2. The van der Waals surface area contributed by atoms with Crippen molar-refractivity contribution in [2.24, 2.45) is 0 Å². The van der Waals surface area contributed by atoms with E-state index in [0.717, 1.165) is 19.2 Å². The Kier molecular flexibility index (Phi) is 3.95. The van der Waals surface area contributed by atoms with E-state index in [2.05, 4.69) is 20.0 Å².